The van der Waals surface area contributed by atoms with E-state index >= 15 is 0 Å². The normalized spacial score (nSPS) is 22.4. The highest BCUT2D eigenvalue weighted by Crippen LogP contribution is 2.47. The first kappa shape index (κ1) is 21.0. The number of ether oxygens (including phenoxy) is 1. The summed E-state index contributed by atoms with van der Waals surface area (Å²) in [5.74, 6) is -0.291. The van der Waals surface area contributed by atoms with Crippen LogP contribution in [-0.2, 0) is 11.4 Å². The third-order valence-corrected chi connectivity index (χ3v) is 6.00. The van der Waals surface area contributed by atoms with E-state index in [1.165, 1.54) is 12.1 Å². The van der Waals surface area contributed by atoms with E-state index in [1.807, 2.05) is 31.2 Å². The van der Waals surface area contributed by atoms with Crippen LogP contribution in [0, 0.1) is 28.5 Å². The van der Waals surface area contributed by atoms with Crippen molar-refractivity contribution in [2.24, 2.45) is 16.3 Å². The fraction of sp³-hybridized carbons (Fsp3) is 0.346. The summed E-state index contributed by atoms with van der Waals surface area (Å²) in [6.07, 6.45) is 1.20. The number of ketones is 1. The number of allylic oxidation sites excluding steroid dienone is 2. The van der Waals surface area contributed by atoms with Gasteiger partial charge in [-0.15, -0.1) is 0 Å². The Morgan fingerprint density at radius 2 is 1.81 bits per heavy atom. The number of rotatable bonds is 4. The summed E-state index contributed by atoms with van der Waals surface area (Å²) in [6, 6.07) is 16.1. The fourth-order valence-electron chi connectivity index (χ4n) is 4.49. The van der Waals surface area contributed by atoms with Crippen molar-refractivity contribution in [3.63, 3.8) is 0 Å². The van der Waals surface area contributed by atoms with Crippen LogP contribution >= 0.6 is 0 Å². The number of aliphatic imine (C=N–C) groups is 1. The first-order valence-corrected chi connectivity index (χ1v) is 10.5. The third-order valence-electron chi connectivity index (χ3n) is 6.00. The van der Waals surface area contributed by atoms with Crippen LogP contribution < -0.4 is 4.74 Å². The molecule has 0 fully saturated rings. The highest BCUT2D eigenvalue weighted by Gasteiger charge is 2.43. The number of Topliss-reactive ketones (excluding diaryl/α,β-unsaturated/α-hetero) is 1. The number of carbonyl (C=O) groups is 1. The zero-order chi connectivity index (χ0) is 22.2. The average Bonchev–Trinajstić information content (AvgIpc) is 2.72. The van der Waals surface area contributed by atoms with Gasteiger partial charge in [0.15, 0.2) is 5.78 Å². The molecule has 4 nitrogen and oxygen atoms in total. The molecular weight excluding hydrogens is 391 g/mol. The van der Waals surface area contributed by atoms with Crippen LogP contribution in [0.4, 0.5) is 4.39 Å². The monoisotopic (exact) mass is 416 g/mol. The van der Waals surface area contributed by atoms with Gasteiger partial charge in [-0.05, 0) is 54.2 Å². The van der Waals surface area contributed by atoms with Gasteiger partial charge < -0.3 is 4.74 Å². The van der Waals surface area contributed by atoms with Crippen molar-refractivity contribution in [3.05, 3.63) is 76.7 Å². The van der Waals surface area contributed by atoms with Crippen LogP contribution in [-0.4, -0.2) is 11.5 Å². The van der Waals surface area contributed by atoms with Crippen LogP contribution in [0.2, 0.25) is 0 Å². The number of hydrogen-bond donors (Lipinski definition) is 0. The molecule has 5 heteroatoms. The topological polar surface area (TPSA) is 62.4 Å². The maximum atomic E-state index is 13.1. The lowest BCUT2D eigenvalue weighted by Crippen LogP contribution is -2.35. The minimum atomic E-state index is -0.463. The Kier molecular flexibility index (Phi) is 5.49. The summed E-state index contributed by atoms with van der Waals surface area (Å²) in [5, 5.41) is 9.84. The highest BCUT2D eigenvalue weighted by atomic mass is 19.1. The SMILES string of the molecule is CC1=NC2=C(C(=O)CC(C)(C)C2)C(c2ccc(OCc3ccc(F)cc3)cc2)C1C#N. The number of benzene rings is 2. The van der Waals surface area contributed by atoms with E-state index in [1.54, 1.807) is 12.1 Å². The van der Waals surface area contributed by atoms with Crippen LogP contribution in [0.3, 0.4) is 0 Å². The van der Waals surface area contributed by atoms with Gasteiger partial charge in [-0.1, -0.05) is 38.1 Å². The Balaban J connectivity index is 1.60. The molecule has 2 aromatic carbocycles. The number of nitrogens with zero attached hydrogens (tertiary/aromatic N) is 2. The predicted octanol–water partition coefficient (Wildman–Crippen LogP) is 5.75. The molecule has 0 radical (unpaired) electrons. The summed E-state index contributed by atoms with van der Waals surface area (Å²) in [6.45, 7) is 6.37. The van der Waals surface area contributed by atoms with Crippen molar-refractivity contribution >= 4 is 11.5 Å². The van der Waals surface area contributed by atoms with E-state index in [0.717, 1.165) is 29.0 Å². The molecule has 4 rings (SSSR count). The Morgan fingerprint density at radius 3 is 2.45 bits per heavy atom. The maximum Gasteiger partial charge on any atom is 0.161 e. The average molecular weight is 416 g/mol. The quantitative estimate of drug-likeness (QED) is 0.638. The molecule has 158 valence electrons. The van der Waals surface area contributed by atoms with E-state index in [4.69, 9.17) is 4.74 Å². The van der Waals surface area contributed by atoms with Crippen LogP contribution in [0.15, 0.2) is 64.8 Å². The molecule has 0 saturated heterocycles. The van der Waals surface area contributed by atoms with Crippen molar-refractivity contribution in [2.75, 3.05) is 0 Å². The molecule has 0 aromatic heterocycles. The highest BCUT2D eigenvalue weighted by molar-refractivity contribution is 6.03. The number of hydrogen-bond acceptors (Lipinski definition) is 4. The van der Waals surface area contributed by atoms with Gasteiger partial charge in [0.1, 0.15) is 18.2 Å². The van der Waals surface area contributed by atoms with E-state index in [2.05, 4.69) is 24.9 Å². The van der Waals surface area contributed by atoms with Crippen LogP contribution in [0.25, 0.3) is 0 Å². The van der Waals surface area contributed by atoms with Crippen molar-refractivity contribution in [2.45, 2.75) is 46.1 Å². The zero-order valence-electron chi connectivity index (χ0n) is 18.0. The lowest BCUT2D eigenvalue weighted by molar-refractivity contribution is -0.118. The van der Waals surface area contributed by atoms with Crippen LogP contribution in [0.1, 0.15) is 50.7 Å². The molecular formula is C26H25FN2O2. The minimum Gasteiger partial charge on any atom is -0.489 e. The minimum absolute atomic E-state index is 0.0874. The fourth-order valence-corrected chi connectivity index (χ4v) is 4.49. The Labute approximate surface area is 182 Å². The van der Waals surface area contributed by atoms with Gasteiger partial charge in [-0.3, -0.25) is 9.79 Å². The second-order valence-corrected chi connectivity index (χ2v) is 9.12. The molecule has 2 atom stereocenters. The van der Waals surface area contributed by atoms with Crippen LogP contribution in [0.5, 0.6) is 5.75 Å². The molecule has 1 heterocycles. The smallest absolute Gasteiger partial charge is 0.161 e. The Morgan fingerprint density at radius 1 is 1.13 bits per heavy atom. The van der Waals surface area contributed by atoms with Crippen molar-refractivity contribution in [1.82, 2.24) is 0 Å². The second kappa shape index (κ2) is 8.11. The predicted molar refractivity (Wildman–Crippen MR) is 117 cm³/mol. The van der Waals surface area contributed by atoms with Crippen molar-refractivity contribution < 1.29 is 13.9 Å². The molecule has 2 unspecified atom stereocenters. The third kappa shape index (κ3) is 4.29. The molecule has 31 heavy (non-hydrogen) atoms. The summed E-state index contributed by atoms with van der Waals surface area (Å²) < 4.78 is 18.9. The van der Waals surface area contributed by atoms with E-state index < -0.39 is 5.92 Å². The van der Waals surface area contributed by atoms with Crippen molar-refractivity contribution in [1.29, 1.82) is 5.26 Å². The first-order chi connectivity index (χ1) is 14.8. The largest absolute Gasteiger partial charge is 0.489 e. The molecule has 0 saturated carbocycles. The van der Waals surface area contributed by atoms with E-state index in [0.29, 0.717) is 24.4 Å². The summed E-state index contributed by atoms with van der Waals surface area (Å²) >= 11 is 0. The summed E-state index contributed by atoms with van der Waals surface area (Å²) in [5.41, 5.74) is 3.94. The van der Waals surface area contributed by atoms with Gasteiger partial charge in [0, 0.05) is 29.3 Å². The lowest BCUT2D eigenvalue weighted by Gasteiger charge is -2.37. The molecule has 0 amide bonds. The number of carbonyl (C=O) groups excluding carboxylic acids is 1. The van der Waals surface area contributed by atoms with Gasteiger partial charge in [0.25, 0.3) is 0 Å². The Hall–Kier alpha value is -3.26. The molecule has 2 aliphatic rings. The number of halogens is 1. The second-order valence-electron chi connectivity index (χ2n) is 9.12. The Bertz CT molecular complexity index is 1110. The molecule has 1 aliphatic heterocycles. The van der Waals surface area contributed by atoms with Gasteiger partial charge in [-0.2, -0.15) is 5.26 Å². The van der Waals surface area contributed by atoms with E-state index in [-0.39, 0.29) is 22.9 Å². The van der Waals surface area contributed by atoms with Gasteiger partial charge in [0.05, 0.1) is 12.0 Å². The summed E-state index contributed by atoms with van der Waals surface area (Å²) in [7, 11) is 0. The van der Waals surface area contributed by atoms with Gasteiger partial charge in [0.2, 0.25) is 0 Å². The van der Waals surface area contributed by atoms with Crippen molar-refractivity contribution in [3.8, 4) is 11.8 Å². The van der Waals surface area contributed by atoms with Gasteiger partial charge in [-0.25, -0.2) is 4.39 Å². The maximum absolute atomic E-state index is 13.1. The molecule has 2 aromatic rings. The molecule has 0 bridgehead atoms. The lowest BCUT2D eigenvalue weighted by atomic mass is 9.67. The summed E-state index contributed by atoms with van der Waals surface area (Å²) in [4.78, 5) is 17.7. The molecule has 0 spiro atoms. The van der Waals surface area contributed by atoms with Gasteiger partial charge >= 0.3 is 0 Å². The molecule has 1 aliphatic carbocycles. The number of nitriles is 1. The van der Waals surface area contributed by atoms with E-state index in [9.17, 15) is 14.4 Å². The standard InChI is InChI=1S/C26H25FN2O2/c1-16-21(14-28)24(25-22(29-16)12-26(2,3)13-23(25)30)18-6-10-20(11-7-18)31-15-17-4-8-19(27)9-5-17/h4-11,21,24H,12-13,15H2,1-3H3. The first-order valence-electron chi connectivity index (χ1n) is 10.5. The molecule has 0 N–H and O–H groups in total. The zero-order valence-corrected chi connectivity index (χ0v) is 18.0.